The predicted molar refractivity (Wildman–Crippen MR) is 88.7 cm³/mol. The third-order valence-corrected chi connectivity index (χ3v) is 4.59. The SMILES string of the molecule is O=C(c1cnc2ccc3sccc3c2c1)c1ccccc1O. The van der Waals surface area contributed by atoms with Gasteiger partial charge in [-0.2, -0.15) is 0 Å². The van der Waals surface area contributed by atoms with E-state index in [0.29, 0.717) is 11.1 Å². The third-order valence-electron chi connectivity index (χ3n) is 3.71. The lowest BCUT2D eigenvalue weighted by Crippen LogP contribution is -2.02. The summed E-state index contributed by atoms with van der Waals surface area (Å²) in [5, 5.41) is 13.9. The maximum absolute atomic E-state index is 12.6. The van der Waals surface area contributed by atoms with Crippen LogP contribution in [0.1, 0.15) is 15.9 Å². The molecule has 0 bridgehead atoms. The molecular formula is C18H11NO2S. The maximum atomic E-state index is 12.6. The van der Waals surface area contributed by atoms with Crippen LogP contribution in [-0.4, -0.2) is 15.9 Å². The molecule has 4 aromatic rings. The van der Waals surface area contributed by atoms with Gasteiger partial charge < -0.3 is 5.11 Å². The summed E-state index contributed by atoms with van der Waals surface area (Å²) in [5.41, 5.74) is 1.63. The molecular weight excluding hydrogens is 294 g/mol. The molecule has 3 nitrogen and oxygen atoms in total. The van der Waals surface area contributed by atoms with Gasteiger partial charge in [0.1, 0.15) is 5.75 Å². The normalized spacial score (nSPS) is 11.1. The van der Waals surface area contributed by atoms with Crippen LogP contribution in [0.5, 0.6) is 5.75 Å². The zero-order valence-electron chi connectivity index (χ0n) is 11.5. The highest BCUT2D eigenvalue weighted by atomic mass is 32.1. The summed E-state index contributed by atoms with van der Waals surface area (Å²) >= 11 is 1.66. The van der Waals surface area contributed by atoms with Crippen molar-refractivity contribution >= 4 is 38.1 Å². The number of ketones is 1. The summed E-state index contributed by atoms with van der Waals surface area (Å²) in [6.07, 6.45) is 1.56. The van der Waals surface area contributed by atoms with Crippen molar-refractivity contribution in [2.24, 2.45) is 0 Å². The summed E-state index contributed by atoms with van der Waals surface area (Å²) < 4.78 is 1.17. The Labute approximate surface area is 130 Å². The van der Waals surface area contributed by atoms with Crippen LogP contribution in [0.4, 0.5) is 0 Å². The van der Waals surface area contributed by atoms with Crippen LogP contribution in [0.25, 0.3) is 21.0 Å². The van der Waals surface area contributed by atoms with Gasteiger partial charge in [-0.1, -0.05) is 12.1 Å². The van der Waals surface area contributed by atoms with Crippen molar-refractivity contribution in [3.05, 3.63) is 71.2 Å². The second-order valence-electron chi connectivity index (χ2n) is 5.03. The number of aromatic nitrogens is 1. The van der Waals surface area contributed by atoms with Gasteiger partial charge in [-0.15, -0.1) is 11.3 Å². The number of aromatic hydroxyl groups is 1. The van der Waals surface area contributed by atoms with E-state index in [1.165, 1.54) is 10.8 Å². The number of nitrogens with zero attached hydrogens (tertiary/aromatic N) is 1. The Kier molecular flexibility index (Phi) is 2.91. The van der Waals surface area contributed by atoms with Gasteiger partial charge in [0.15, 0.2) is 5.78 Å². The van der Waals surface area contributed by atoms with E-state index in [-0.39, 0.29) is 11.5 Å². The summed E-state index contributed by atoms with van der Waals surface area (Å²) in [4.78, 5) is 17.0. The smallest absolute Gasteiger partial charge is 0.198 e. The molecule has 0 fully saturated rings. The zero-order valence-corrected chi connectivity index (χ0v) is 12.3. The van der Waals surface area contributed by atoms with Crippen molar-refractivity contribution in [3.8, 4) is 5.75 Å². The van der Waals surface area contributed by atoms with E-state index < -0.39 is 0 Å². The molecule has 4 heteroatoms. The Morgan fingerprint density at radius 3 is 2.77 bits per heavy atom. The van der Waals surface area contributed by atoms with Gasteiger partial charge in [0.25, 0.3) is 0 Å². The first-order valence-electron chi connectivity index (χ1n) is 6.83. The van der Waals surface area contributed by atoms with Crippen molar-refractivity contribution in [3.63, 3.8) is 0 Å². The average molecular weight is 305 g/mol. The Bertz CT molecular complexity index is 1020. The Hall–Kier alpha value is -2.72. The molecule has 0 aliphatic carbocycles. The lowest BCUT2D eigenvalue weighted by atomic mass is 10.0. The molecule has 0 radical (unpaired) electrons. The highest BCUT2D eigenvalue weighted by Crippen LogP contribution is 2.29. The number of hydrogen-bond donors (Lipinski definition) is 1. The van der Waals surface area contributed by atoms with Gasteiger partial charge in [0.05, 0.1) is 11.1 Å². The van der Waals surface area contributed by atoms with Crippen LogP contribution in [0.15, 0.2) is 60.1 Å². The van der Waals surface area contributed by atoms with Gasteiger partial charge in [-0.3, -0.25) is 9.78 Å². The van der Waals surface area contributed by atoms with Gasteiger partial charge >= 0.3 is 0 Å². The minimum atomic E-state index is -0.222. The van der Waals surface area contributed by atoms with Gasteiger partial charge in [-0.05, 0) is 41.8 Å². The number of hydrogen-bond acceptors (Lipinski definition) is 4. The van der Waals surface area contributed by atoms with Crippen molar-refractivity contribution in [2.75, 3.05) is 0 Å². The van der Waals surface area contributed by atoms with E-state index in [4.69, 9.17) is 0 Å². The number of para-hydroxylation sites is 1. The van der Waals surface area contributed by atoms with E-state index in [0.717, 1.165) is 16.3 Å². The molecule has 0 aliphatic rings. The molecule has 22 heavy (non-hydrogen) atoms. The molecule has 2 heterocycles. The standard InChI is InChI=1S/C18H11NO2S/c20-16-4-2-1-3-13(16)18(21)11-9-14-12-7-8-22-17(12)6-5-15(14)19-10-11/h1-10,20H. The molecule has 2 aromatic carbocycles. The maximum Gasteiger partial charge on any atom is 0.198 e. The summed E-state index contributed by atoms with van der Waals surface area (Å²) in [6, 6.07) is 14.5. The molecule has 0 saturated heterocycles. The van der Waals surface area contributed by atoms with E-state index >= 15 is 0 Å². The quantitative estimate of drug-likeness (QED) is 0.559. The number of thiophene rings is 1. The van der Waals surface area contributed by atoms with Crippen LogP contribution in [0.3, 0.4) is 0 Å². The van der Waals surface area contributed by atoms with Gasteiger partial charge in [-0.25, -0.2) is 0 Å². The van der Waals surface area contributed by atoms with Crippen molar-refractivity contribution in [1.29, 1.82) is 0 Å². The number of phenolic OH excluding ortho intramolecular Hbond substituents is 1. The largest absolute Gasteiger partial charge is 0.507 e. The van der Waals surface area contributed by atoms with Gasteiger partial charge in [0, 0.05) is 27.2 Å². The molecule has 0 aliphatic heterocycles. The highest BCUT2D eigenvalue weighted by molar-refractivity contribution is 7.17. The summed E-state index contributed by atoms with van der Waals surface area (Å²) in [7, 11) is 0. The van der Waals surface area contributed by atoms with Crippen LogP contribution < -0.4 is 0 Å². The molecule has 0 atom stereocenters. The molecule has 0 saturated carbocycles. The molecule has 4 rings (SSSR count). The number of carbonyl (C=O) groups excluding carboxylic acids is 1. The number of carbonyl (C=O) groups is 1. The number of fused-ring (bicyclic) bond motifs is 3. The average Bonchev–Trinajstić information content (AvgIpc) is 3.03. The second kappa shape index (κ2) is 4.93. The number of rotatable bonds is 2. The van der Waals surface area contributed by atoms with Crippen molar-refractivity contribution < 1.29 is 9.90 Å². The fourth-order valence-corrected chi connectivity index (χ4v) is 3.40. The fraction of sp³-hybridized carbons (Fsp3) is 0. The first kappa shape index (κ1) is 13.0. The molecule has 2 aromatic heterocycles. The summed E-state index contributed by atoms with van der Waals surface area (Å²) in [5.74, 6) is -0.235. The van der Waals surface area contributed by atoms with E-state index in [2.05, 4.69) is 4.98 Å². The lowest BCUT2D eigenvalue weighted by molar-refractivity contribution is 0.103. The van der Waals surface area contributed by atoms with Crippen molar-refractivity contribution in [1.82, 2.24) is 4.98 Å². The fourth-order valence-electron chi connectivity index (χ4n) is 2.60. The number of phenols is 1. The first-order valence-corrected chi connectivity index (χ1v) is 7.71. The van der Waals surface area contributed by atoms with E-state index in [1.807, 2.05) is 29.6 Å². The third kappa shape index (κ3) is 1.96. The second-order valence-corrected chi connectivity index (χ2v) is 5.98. The van der Waals surface area contributed by atoms with E-state index in [1.54, 1.807) is 35.7 Å². The Morgan fingerprint density at radius 1 is 1.05 bits per heavy atom. The monoisotopic (exact) mass is 305 g/mol. The minimum absolute atomic E-state index is 0.0126. The molecule has 0 amide bonds. The summed E-state index contributed by atoms with van der Waals surface area (Å²) in [6.45, 7) is 0. The lowest BCUT2D eigenvalue weighted by Gasteiger charge is -2.05. The predicted octanol–water partition coefficient (Wildman–Crippen LogP) is 4.39. The van der Waals surface area contributed by atoms with Crippen molar-refractivity contribution in [2.45, 2.75) is 0 Å². The van der Waals surface area contributed by atoms with Gasteiger partial charge in [0.2, 0.25) is 0 Å². The number of benzene rings is 2. The molecule has 106 valence electrons. The molecule has 1 N–H and O–H groups in total. The number of pyridine rings is 1. The Balaban J connectivity index is 1.92. The van der Waals surface area contributed by atoms with E-state index in [9.17, 15) is 9.90 Å². The van der Waals surface area contributed by atoms with Crippen LogP contribution in [0.2, 0.25) is 0 Å². The van der Waals surface area contributed by atoms with Crippen LogP contribution in [0, 0.1) is 0 Å². The molecule has 0 spiro atoms. The Morgan fingerprint density at radius 2 is 1.91 bits per heavy atom. The van der Waals surface area contributed by atoms with Crippen LogP contribution >= 0.6 is 11.3 Å². The highest BCUT2D eigenvalue weighted by Gasteiger charge is 2.14. The zero-order chi connectivity index (χ0) is 15.1. The first-order chi connectivity index (χ1) is 10.7. The minimum Gasteiger partial charge on any atom is -0.507 e. The molecule has 0 unspecified atom stereocenters. The topological polar surface area (TPSA) is 50.2 Å². The van der Waals surface area contributed by atoms with Crippen LogP contribution in [-0.2, 0) is 0 Å².